The Kier molecular flexibility index (Phi) is 5.13. The van der Waals surface area contributed by atoms with Crippen LogP contribution in [0.1, 0.15) is 24.0 Å². The van der Waals surface area contributed by atoms with Crippen molar-refractivity contribution in [2.75, 3.05) is 6.61 Å². The summed E-state index contributed by atoms with van der Waals surface area (Å²) in [4.78, 5) is 11.6. The first-order chi connectivity index (χ1) is 9.75. The first-order valence-electron chi connectivity index (χ1n) is 6.70. The zero-order chi connectivity index (χ0) is 14.2. The van der Waals surface area contributed by atoms with Crippen LogP contribution < -0.4 is 0 Å². The number of carbonyl (C=O) groups is 1. The maximum absolute atomic E-state index is 11.6. The number of esters is 1. The second-order valence-corrected chi connectivity index (χ2v) is 4.69. The largest absolute Gasteiger partial charge is 0.462 e. The number of hydrogen-bond donors (Lipinski definition) is 0. The topological polar surface area (TPSA) is 26.3 Å². The van der Waals surface area contributed by atoms with Gasteiger partial charge in [0.05, 0.1) is 6.61 Å². The highest BCUT2D eigenvalue weighted by atomic mass is 16.5. The molecule has 0 spiro atoms. The molecule has 2 aromatic rings. The van der Waals surface area contributed by atoms with Crippen molar-refractivity contribution in [1.29, 1.82) is 0 Å². The van der Waals surface area contributed by atoms with Crippen LogP contribution in [0.2, 0.25) is 0 Å². The molecular formula is C18H18O2. The van der Waals surface area contributed by atoms with E-state index in [0.29, 0.717) is 6.61 Å². The summed E-state index contributed by atoms with van der Waals surface area (Å²) < 4.78 is 5.25. The van der Waals surface area contributed by atoms with Crippen molar-refractivity contribution >= 4 is 12.0 Å². The van der Waals surface area contributed by atoms with Gasteiger partial charge < -0.3 is 4.74 Å². The Morgan fingerprint density at radius 2 is 1.65 bits per heavy atom. The normalized spacial score (nSPS) is 12.2. The van der Waals surface area contributed by atoms with E-state index < -0.39 is 0 Å². The summed E-state index contributed by atoms with van der Waals surface area (Å²) >= 11 is 0. The fourth-order valence-electron chi connectivity index (χ4n) is 1.86. The maximum Gasteiger partial charge on any atom is 0.330 e. The van der Waals surface area contributed by atoms with Gasteiger partial charge in [0, 0.05) is 12.0 Å². The van der Waals surface area contributed by atoms with E-state index in [0.717, 1.165) is 5.56 Å². The summed E-state index contributed by atoms with van der Waals surface area (Å²) in [6.45, 7) is 2.44. The van der Waals surface area contributed by atoms with Crippen molar-refractivity contribution in [3.8, 4) is 0 Å². The van der Waals surface area contributed by atoms with Crippen LogP contribution in [0.4, 0.5) is 0 Å². The van der Waals surface area contributed by atoms with E-state index >= 15 is 0 Å². The van der Waals surface area contributed by atoms with Gasteiger partial charge in [-0.15, -0.1) is 0 Å². The van der Waals surface area contributed by atoms with E-state index in [-0.39, 0.29) is 11.9 Å². The minimum atomic E-state index is -0.309. The van der Waals surface area contributed by atoms with Gasteiger partial charge in [0.1, 0.15) is 0 Å². The lowest BCUT2D eigenvalue weighted by Gasteiger charge is -2.11. The average Bonchev–Trinajstić information content (AvgIpc) is 2.52. The van der Waals surface area contributed by atoms with Crippen molar-refractivity contribution < 1.29 is 9.53 Å². The lowest BCUT2D eigenvalue weighted by Crippen LogP contribution is -2.08. The minimum Gasteiger partial charge on any atom is -0.462 e. The number of benzene rings is 2. The second kappa shape index (κ2) is 7.29. The molecule has 0 fully saturated rings. The van der Waals surface area contributed by atoms with Crippen molar-refractivity contribution in [3.05, 3.63) is 77.9 Å². The predicted molar refractivity (Wildman–Crippen MR) is 81.3 cm³/mol. The van der Waals surface area contributed by atoms with E-state index in [2.05, 4.69) is 0 Å². The molecule has 0 aliphatic heterocycles. The molecule has 0 unspecified atom stereocenters. The van der Waals surface area contributed by atoms with Crippen molar-refractivity contribution in [3.63, 3.8) is 0 Å². The molecule has 0 radical (unpaired) electrons. The van der Waals surface area contributed by atoms with Gasteiger partial charge in [0.2, 0.25) is 0 Å². The molecule has 20 heavy (non-hydrogen) atoms. The molecule has 0 aromatic heterocycles. The van der Waals surface area contributed by atoms with Gasteiger partial charge in [0.25, 0.3) is 0 Å². The maximum atomic E-state index is 11.6. The monoisotopic (exact) mass is 266 g/mol. The van der Waals surface area contributed by atoms with Gasteiger partial charge >= 0.3 is 5.97 Å². The van der Waals surface area contributed by atoms with E-state index in [4.69, 9.17) is 4.74 Å². The highest BCUT2D eigenvalue weighted by molar-refractivity contribution is 5.87. The number of rotatable bonds is 5. The Bertz CT molecular complexity index is 558. The zero-order valence-corrected chi connectivity index (χ0v) is 11.5. The SMILES string of the molecule is C[C@@H](COC(=O)/C=C/c1ccccc1)c1ccccc1. The minimum absolute atomic E-state index is 0.199. The van der Waals surface area contributed by atoms with E-state index in [9.17, 15) is 4.79 Å². The predicted octanol–water partition coefficient (Wildman–Crippen LogP) is 4.05. The van der Waals surface area contributed by atoms with Gasteiger partial charge in [-0.1, -0.05) is 67.6 Å². The lowest BCUT2D eigenvalue weighted by atomic mass is 10.0. The van der Waals surface area contributed by atoms with Gasteiger partial charge in [-0.3, -0.25) is 0 Å². The Morgan fingerprint density at radius 3 is 2.30 bits per heavy atom. The van der Waals surface area contributed by atoms with E-state index in [1.54, 1.807) is 6.08 Å². The molecule has 0 saturated heterocycles. The van der Waals surface area contributed by atoms with Crippen LogP contribution in [0.5, 0.6) is 0 Å². The molecule has 2 nitrogen and oxygen atoms in total. The Labute approximate surface area is 119 Å². The third-order valence-corrected chi connectivity index (χ3v) is 3.06. The molecule has 0 amide bonds. The standard InChI is InChI=1S/C18H18O2/c1-15(17-10-6-3-7-11-17)14-20-18(19)13-12-16-8-4-2-5-9-16/h2-13,15H,14H2,1H3/b13-12+/t15-/m0/s1. The van der Waals surface area contributed by atoms with E-state index in [1.807, 2.05) is 67.6 Å². The molecule has 0 aliphatic rings. The molecule has 0 N–H and O–H groups in total. The van der Waals surface area contributed by atoms with Crippen molar-refractivity contribution in [1.82, 2.24) is 0 Å². The van der Waals surface area contributed by atoms with Gasteiger partial charge in [-0.25, -0.2) is 4.79 Å². The molecule has 2 heteroatoms. The van der Waals surface area contributed by atoms with Crippen LogP contribution in [0.15, 0.2) is 66.7 Å². The van der Waals surface area contributed by atoms with Gasteiger partial charge in [0.15, 0.2) is 0 Å². The summed E-state index contributed by atoms with van der Waals surface area (Å²) in [5.74, 6) is -0.109. The number of carbonyl (C=O) groups excluding carboxylic acids is 1. The summed E-state index contributed by atoms with van der Waals surface area (Å²) in [6, 6.07) is 19.7. The molecular weight excluding hydrogens is 248 g/mol. The van der Waals surface area contributed by atoms with Crippen LogP contribution in [0.3, 0.4) is 0 Å². The molecule has 0 aliphatic carbocycles. The summed E-state index contributed by atoms with van der Waals surface area (Å²) in [5.41, 5.74) is 2.16. The van der Waals surface area contributed by atoms with Crippen LogP contribution in [0.25, 0.3) is 6.08 Å². The quantitative estimate of drug-likeness (QED) is 0.603. The molecule has 0 heterocycles. The highest BCUT2D eigenvalue weighted by Crippen LogP contribution is 2.14. The molecule has 1 atom stereocenters. The molecule has 2 aromatic carbocycles. The molecule has 0 bridgehead atoms. The third-order valence-electron chi connectivity index (χ3n) is 3.06. The van der Waals surface area contributed by atoms with E-state index in [1.165, 1.54) is 11.6 Å². The Morgan fingerprint density at radius 1 is 1.05 bits per heavy atom. The van der Waals surface area contributed by atoms with Crippen LogP contribution in [0, 0.1) is 0 Å². The third kappa shape index (κ3) is 4.39. The zero-order valence-electron chi connectivity index (χ0n) is 11.5. The van der Waals surface area contributed by atoms with Crippen LogP contribution in [-0.2, 0) is 9.53 Å². The molecule has 102 valence electrons. The second-order valence-electron chi connectivity index (χ2n) is 4.69. The average molecular weight is 266 g/mol. The Hall–Kier alpha value is -2.35. The fourth-order valence-corrected chi connectivity index (χ4v) is 1.86. The molecule has 2 rings (SSSR count). The fraction of sp³-hybridized carbons (Fsp3) is 0.167. The smallest absolute Gasteiger partial charge is 0.330 e. The van der Waals surface area contributed by atoms with Gasteiger partial charge in [-0.05, 0) is 17.2 Å². The Balaban J connectivity index is 1.82. The highest BCUT2D eigenvalue weighted by Gasteiger charge is 2.07. The van der Waals surface area contributed by atoms with Crippen molar-refractivity contribution in [2.45, 2.75) is 12.8 Å². The van der Waals surface area contributed by atoms with Gasteiger partial charge in [-0.2, -0.15) is 0 Å². The van der Waals surface area contributed by atoms with Crippen LogP contribution >= 0.6 is 0 Å². The number of ether oxygens (including phenoxy) is 1. The summed E-state index contributed by atoms with van der Waals surface area (Å²) in [5, 5.41) is 0. The molecule has 0 saturated carbocycles. The first kappa shape index (κ1) is 14.1. The summed E-state index contributed by atoms with van der Waals surface area (Å²) in [6.07, 6.45) is 3.22. The van der Waals surface area contributed by atoms with Crippen molar-refractivity contribution in [2.24, 2.45) is 0 Å². The van der Waals surface area contributed by atoms with Crippen LogP contribution in [-0.4, -0.2) is 12.6 Å². The summed E-state index contributed by atoms with van der Waals surface area (Å²) in [7, 11) is 0. The lowest BCUT2D eigenvalue weighted by molar-refractivity contribution is -0.138. The first-order valence-corrected chi connectivity index (χ1v) is 6.70. The number of hydrogen-bond acceptors (Lipinski definition) is 2.